The molecule has 3 rings (SSSR count). The van der Waals surface area contributed by atoms with Crippen LogP contribution >= 0.6 is 0 Å². The third-order valence-corrected chi connectivity index (χ3v) is 4.36. The Labute approximate surface area is 158 Å². The molecule has 0 aliphatic heterocycles. The van der Waals surface area contributed by atoms with Crippen LogP contribution in [0.15, 0.2) is 55.1 Å². The molecule has 0 atom stereocenters. The maximum absolute atomic E-state index is 11.6. The second-order valence-corrected chi connectivity index (χ2v) is 5.98. The number of methoxy groups -OCH3 is 1. The van der Waals surface area contributed by atoms with Crippen molar-refractivity contribution in [1.29, 1.82) is 0 Å². The van der Waals surface area contributed by atoms with E-state index in [1.54, 1.807) is 7.11 Å². The highest BCUT2D eigenvalue weighted by molar-refractivity contribution is 6.01. The normalized spacial score (nSPS) is 10.6. The maximum atomic E-state index is 11.6. The molecule has 1 aromatic heterocycles. The van der Waals surface area contributed by atoms with Gasteiger partial charge in [0.05, 0.1) is 24.0 Å². The fourth-order valence-corrected chi connectivity index (χ4v) is 3.12. The number of aryl methyl sites for hydroxylation is 1. The summed E-state index contributed by atoms with van der Waals surface area (Å²) in [5, 5.41) is 3.67. The summed E-state index contributed by atoms with van der Waals surface area (Å²) in [6, 6.07) is 13.4. The van der Waals surface area contributed by atoms with Crippen molar-refractivity contribution in [2.45, 2.75) is 13.5 Å². The molecule has 0 saturated heterocycles. The number of nitrogen functional groups attached to an aromatic ring is 1. The second-order valence-electron chi connectivity index (χ2n) is 5.98. The Bertz CT molecular complexity index is 974. The molecule has 0 saturated carbocycles. The maximum Gasteiger partial charge on any atom is 0.411 e. The topological polar surface area (TPSA) is 78.5 Å². The van der Waals surface area contributed by atoms with E-state index in [1.807, 2.05) is 42.5 Å². The van der Waals surface area contributed by atoms with Gasteiger partial charge in [0.1, 0.15) is 12.4 Å². The summed E-state index contributed by atoms with van der Waals surface area (Å²) in [6.45, 7) is 6.52. The smallest absolute Gasteiger partial charge is 0.411 e. The highest BCUT2D eigenvalue weighted by Crippen LogP contribution is 2.37. The lowest BCUT2D eigenvalue weighted by molar-refractivity contribution is 0.174. The number of hydrogen-bond donors (Lipinski definition) is 2. The first-order chi connectivity index (χ1) is 13.1. The Kier molecular flexibility index (Phi) is 5.35. The van der Waals surface area contributed by atoms with Crippen molar-refractivity contribution in [3.8, 4) is 17.0 Å². The zero-order valence-corrected chi connectivity index (χ0v) is 15.5. The molecule has 0 fully saturated rings. The number of amides is 1. The van der Waals surface area contributed by atoms with Crippen LogP contribution in [0, 0.1) is 0 Å². The van der Waals surface area contributed by atoms with Gasteiger partial charge in [-0.1, -0.05) is 24.8 Å². The average Bonchev–Trinajstić information content (AvgIpc) is 2.98. The molecule has 140 valence electrons. The lowest BCUT2D eigenvalue weighted by atomic mass is 10.1. The summed E-state index contributed by atoms with van der Waals surface area (Å²) >= 11 is 0. The molecule has 0 aliphatic rings. The van der Waals surface area contributed by atoms with E-state index >= 15 is 0 Å². The minimum absolute atomic E-state index is 0.167. The molecule has 0 radical (unpaired) electrons. The van der Waals surface area contributed by atoms with Gasteiger partial charge in [-0.05, 0) is 31.2 Å². The molecule has 1 amide bonds. The van der Waals surface area contributed by atoms with Crippen molar-refractivity contribution in [3.63, 3.8) is 0 Å². The lowest BCUT2D eigenvalue weighted by Crippen LogP contribution is -2.13. The lowest BCUT2D eigenvalue weighted by Gasteiger charge is -2.11. The zero-order chi connectivity index (χ0) is 19.4. The number of anilines is 2. The molecule has 3 aromatic rings. The van der Waals surface area contributed by atoms with Gasteiger partial charge in [-0.3, -0.25) is 5.32 Å². The van der Waals surface area contributed by atoms with E-state index in [2.05, 4.69) is 23.4 Å². The third kappa shape index (κ3) is 3.60. The van der Waals surface area contributed by atoms with Crippen molar-refractivity contribution < 1.29 is 14.3 Å². The van der Waals surface area contributed by atoms with Gasteiger partial charge in [-0.25, -0.2) is 4.79 Å². The van der Waals surface area contributed by atoms with E-state index in [0.717, 1.165) is 40.1 Å². The largest absolute Gasteiger partial charge is 0.497 e. The first-order valence-corrected chi connectivity index (χ1v) is 8.69. The second kappa shape index (κ2) is 7.86. The van der Waals surface area contributed by atoms with Gasteiger partial charge in [-0.2, -0.15) is 0 Å². The molecule has 6 heteroatoms. The number of nitrogens with zero attached hydrogens (tertiary/aromatic N) is 1. The van der Waals surface area contributed by atoms with Crippen LogP contribution in [0.1, 0.15) is 6.92 Å². The van der Waals surface area contributed by atoms with Gasteiger partial charge in [0.2, 0.25) is 0 Å². The van der Waals surface area contributed by atoms with E-state index in [9.17, 15) is 4.79 Å². The Hall–Kier alpha value is -3.41. The molecule has 27 heavy (non-hydrogen) atoms. The molecular formula is C21H23N3O3. The van der Waals surface area contributed by atoms with Crippen LogP contribution in [-0.4, -0.2) is 24.4 Å². The van der Waals surface area contributed by atoms with Gasteiger partial charge in [-0.15, -0.1) is 0 Å². The Balaban J connectivity index is 1.96. The molecule has 1 heterocycles. The van der Waals surface area contributed by atoms with Crippen LogP contribution in [-0.2, 0) is 11.3 Å². The minimum atomic E-state index is -0.517. The Morgan fingerprint density at radius 2 is 2.00 bits per heavy atom. The van der Waals surface area contributed by atoms with E-state index in [4.69, 9.17) is 15.2 Å². The molecular weight excluding hydrogens is 342 g/mol. The Morgan fingerprint density at radius 1 is 1.26 bits per heavy atom. The van der Waals surface area contributed by atoms with Crippen molar-refractivity contribution in [3.05, 3.63) is 55.1 Å². The van der Waals surface area contributed by atoms with Crippen LogP contribution in [0.2, 0.25) is 0 Å². The number of fused-ring (bicyclic) bond motifs is 1. The molecule has 0 aliphatic carbocycles. The summed E-state index contributed by atoms with van der Waals surface area (Å²) in [5.41, 5.74) is 10.8. The number of carbonyl (C=O) groups is 1. The summed E-state index contributed by atoms with van der Waals surface area (Å²) in [7, 11) is 1.65. The number of hydrogen-bond acceptors (Lipinski definition) is 4. The average molecular weight is 365 g/mol. The minimum Gasteiger partial charge on any atom is -0.497 e. The third-order valence-electron chi connectivity index (χ3n) is 4.36. The van der Waals surface area contributed by atoms with E-state index in [0.29, 0.717) is 5.69 Å². The summed E-state index contributed by atoms with van der Waals surface area (Å²) in [6.07, 6.45) is 1.00. The van der Waals surface area contributed by atoms with Crippen LogP contribution < -0.4 is 15.8 Å². The van der Waals surface area contributed by atoms with E-state index in [1.165, 1.54) is 6.08 Å². The number of carbonyl (C=O) groups excluding carboxylic acids is 1. The number of nitrogens with one attached hydrogen (secondary N) is 1. The van der Waals surface area contributed by atoms with Gasteiger partial charge < -0.3 is 19.8 Å². The molecule has 3 N–H and O–H groups in total. The first-order valence-electron chi connectivity index (χ1n) is 8.69. The van der Waals surface area contributed by atoms with E-state index < -0.39 is 6.09 Å². The number of rotatable bonds is 6. The van der Waals surface area contributed by atoms with Gasteiger partial charge in [0, 0.05) is 29.2 Å². The van der Waals surface area contributed by atoms with E-state index in [-0.39, 0.29) is 6.61 Å². The number of ether oxygens (including phenoxy) is 2. The summed E-state index contributed by atoms with van der Waals surface area (Å²) < 4.78 is 12.4. The van der Waals surface area contributed by atoms with Gasteiger partial charge in [0.25, 0.3) is 0 Å². The standard InChI is InChI=1S/C21H23N3O3/c1-4-12-27-21(25)23-15-8-6-14(7-9-15)20-19(22)17-11-10-16(26-3)13-18(17)24(20)5-2/h4,6-11,13H,1,5,12,22H2,2-3H3,(H,23,25). The zero-order valence-electron chi connectivity index (χ0n) is 15.5. The quantitative estimate of drug-likeness (QED) is 0.623. The van der Waals surface area contributed by atoms with Crippen LogP contribution in [0.5, 0.6) is 5.75 Å². The SMILES string of the molecule is C=CCOC(=O)Nc1ccc(-c2c(N)c3ccc(OC)cc3n2CC)cc1. The predicted molar refractivity (Wildman–Crippen MR) is 109 cm³/mol. The first kappa shape index (κ1) is 18.4. The molecule has 6 nitrogen and oxygen atoms in total. The van der Waals surface area contributed by atoms with Crippen molar-refractivity contribution in [1.82, 2.24) is 4.57 Å². The number of aromatic nitrogens is 1. The Morgan fingerprint density at radius 3 is 2.63 bits per heavy atom. The van der Waals surface area contributed by atoms with Crippen LogP contribution in [0.3, 0.4) is 0 Å². The predicted octanol–water partition coefficient (Wildman–Crippen LogP) is 4.65. The monoisotopic (exact) mass is 365 g/mol. The van der Waals surface area contributed by atoms with Crippen molar-refractivity contribution >= 4 is 28.4 Å². The highest BCUT2D eigenvalue weighted by atomic mass is 16.5. The van der Waals surface area contributed by atoms with Crippen molar-refractivity contribution in [2.24, 2.45) is 0 Å². The highest BCUT2D eigenvalue weighted by Gasteiger charge is 2.16. The summed E-state index contributed by atoms with van der Waals surface area (Å²) in [5.74, 6) is 0.791. The van der Waals surface area contributed by atoms with Crippen molar-refractivity contribution in [2.75, 3.05) is 24.8 Å². The molecule has 2 aromatic carbocycles. The van der Waals surface area contributed by atoms with Gasteiger partial charge >= 0.3 is 6.09 Å². The molecule has 0 unspecified atom stereocenters. The van der Waals surface area contributed by atoms with Crippen LogP contribution in [0.4, 0.5) is 16.2 Å². The fourth-order valence-electron chi connectivity index (χ4n) is 3.12. The van der Waals surface area contributed by atoms with Crippen LogP contribution in [0.25, 0.3) is 22.2 Å². The summed E-state index contributed by atoms with van der Waals surface area (Å²) in [4.78, 5) is 11.6. The number of benzene rings is 2. The fraction of sp³-hybridized carbons (Fsp3) is 0.190. The molecule has 0 bridgehead atoms. The van der Waals surface area contributed by atoms with Gasteiger partial charge in [0.15, 0.2) is 0 Å². The number of nitrogens with two attached hydrogens (primary N) is 1. The molecule has 0 spiro atoms.